The molecule has 1 aliphatic heterocycles. The van der Waals surface area contributed by atoms with Crippen LogP contribution in [0.25, 0.3) is 11.4 Å². The molecule has 0 aromatic carbocycles. The zero-order valence-corrected chi connectivity index (χ0v) is 15.4. The topological polar surface area (TPSA) is 101 Å². The second kappa shape index (κ2) is 8.55. The van der Waals surface area contributed by atoms with Crippen LogP contribution in [0, 0.1) is 0 Å². The first-order valence-electron chi connectivity index (χ1n) is 9.31. The van der Waals surface area contributed by atoms with E-state index in [-0.39, 0.29) is 5.91 Å². The van der Waals surface area contributed by atoms with E-state index in [4.69, 9.17) is 4.52 Å². The summed E-state index contributed by atoms with van der Waals surface area (Å²) in [6.07, 6.45) is 10.2. The molecule has 0 radical (unpaired) electrons. The van der Waals surface area contributed by atoms with Crippen LogP contribution >= 0.6 is 0 Å². The Balaban J connectivity index is 1.22. The fraction of sp³-hybridized carbons (Fsp3) is 0.368. The molecule has 9 heteroatoms. The SMILES string of the molecule is O=C(CCCc1nc(-c2cccnc2)no1)N1CCN(c2cnccn2)CC1. The molecule has 1 aliphatic rings. The number of anilines is 1. The van der Waals surface area contributed by atoms with Crippen LogP contribution in [-0.2, 0) is 11.2 Å². The van der Waals surface area contributed by atoms with Crippen LogP contribution in [0.1, 0.15) is 18.7 Å². The average Bonchev–Trinajstić information content (AvgIpc) is 3.24. The van der Waals surface area contributed by atoms with Crippen LogP contribution in [0.3, 0.4) is 0 Å². The molecule has 3 aromatic heterocycles. The van der Waals surface area contributed by atoms with Crippen molar-refractivity contribution in [3.8, 4) is 11.4 Å². The van der Waals surface area contributed by atoms with Gasteiger partial charge in [0.25, 0.3) is 0 Å². The van der Waals surface area contributed by atoms with E-state index in [0.29, 0.717) is 44.1 Å². The number of amides is 1. The number of pyridine rings is 1. The maximum Gasteiger partial charge on any atom is 0.226 e. The van der Waals surface area contributed by atoms with Gasteiger partial charge in [-0.1, -0.05) is 5.16 Å². The molecule has 0 N–H and O–H groups in total. The van der Waals surface area contributed by atoms with Gasteiger partial charge in [-0.05, 0) is 18.6 Å². The van der Waals surface area contributed by atoms with Crippen molar-refractivity contribution in [2.45, 2.75) is 19.3 Å². The van der Waals surface area contributed by atoms with Gasteiger partial charge in [-0.2, -0.15) is 4.98 Å². The van der Waals surface area contributed by atoms with Gasteiger partial charge in [-0.3, -0.25) is 14.8 Å². The lowest BCUT2D eigenvalue weighted by molar-refractivity contribution is -0.131. The fourth-order valence-corrected chi connectivity index (χ4v) is 3.16. The Morgan fingerprint density at radius 1 is 1.07 bits per heavy atom. The predicted molar refractivity (Wildman–Crippen MR) is 101 cm³/mol. The summed E-state index contributed by atoms with van der Waals surface area (Å²) in [6, 6.07) is 3.71. The van der Waals surface area contributed by atoms with Gasteiger partial charge < -0.3 is 14.3 Å². The zero-order chi connectivity index (χ0) is 19.2. The number of hydrogen-bond acceptors (Lipinski definition) is 8. The quantitative estimate of drug-likeness (QED) is 0.636. The minimum atomic E-state index is 0.158. The van der Waals surface area contributed by atoms with Gasteiger partial charge in [0.15, 0.2) is 0 Å². The lowest BCUT2D eigenvalue weighted by atomic mass is 10.2. The predicted octanol–water partition coefficient (Wildman–Crippen LogP) is 1.59. The van der Waals surface area contributed by atoms with Gasteiger partial charge >= 0.3 is 0 Å². The summed E-state index contributed by atoms with van der Waals surface area (Å²) in [7, 11) is 0. The molecule has 0 atom stereocenters. The summed E-state index contributed by atoms with van der Waals surface area (Å²) < 4.78 is 5.28. The summed E-state index contributed by atoms with van der Waals surface area (Å²) in [5.74, 6) is 2.08. The number of hydrogen-bond donors (Lipinski definition) is 0. The Hall–Kier alpha value is -3.36. The number of aryl methyl sites for hydroxylation is 1. The Kier molecular flexibility index (Phi) is 5.51. The third-order valence-corrected chi connectivity index (χ3v) is 4.68. The van der Waals surface area contributed by atoms with E-state index < -0.39 is 0 Å². The minimum absolute atomic E-state index is 0.158. The second-order valence-corrected chi connectivity index (χ2v) is 6.54. The Bertz CT molecular complexity index is 893. The molecule has 4 heterocycles. The van der Waals surface area contributed by atoms with Crippen LogP contribution in [-0.4, -0.2) is 62.1 Å². The van der Waals surface area contributed by atoms with Crippen molar-refractivity contribution >= 4 is 11.7 Å². The molecule has 0 aliphatic carbocycles. The highest BCUT2D eigenvalue weighted by atomic mass is 16.5. The Labute approximate surface area is 162 Å². The van der Waals surface area contributed by atoms with Crippen molar-refractivity contribution < 1.29 is 9.32 Å². The smallest absolute Gasteiger partial charge is 0.226 e. The van der Waals surface area contributed by atoms with E-state index in [1.54, 1.807) is 31.0 Å². The Morgan fingerprint density at radius 2 is 1.93 bits per heavy atom. The van der Waals surface area contributed by atoms with E-state index in [0.717, 1.165) is 24.5 Å². The molecule has 3 aromatic rings. The van der Waals surface area contributed by atoms with Crippen molar-refractivity contribution in [1.29, 1.82) is 0 Å². The van der Waals surface area contributed by atoms with Crippen LogP contribution in [0.15, 0.2) is 47.6 Å². The highest BCUT2D eigenvalue weighted by molar-refractivity contribution is 5.76. The Morgan fingerprint density at radius 3 is 2.68 bits per heavy atom. The number of aromatic nitrogens is 5. The molecule has 9 nitrogen and oxygen atoms in total. The highest BCUT2D eigenvalue weighted by Gasteiger charge is 2.21. The molecule has 28 heavy (non-hydrogen) atoms. The molecule has 0 unspecified atom stereocenters. The van der Waals surface area contributed by atoms with Crippen molar-refractivity contribution in [1.82, 2.24) is 30.0 Å². The molecule has 1 fully saturated rings. The van der Waals surface area contributed by atoms with E-state index in [9.17, 15) is 4.79 Å². The summed E-state index contributed by atoms with van der Waals surface area (Å²) in [5.41, 5.74) is 0.814. The molecule has 1 amide bonds. The first kappa shape index (κ1) is 18.0. The van der Waals surface area contributed by atoms with E-state index in [2.05, 4.69) is 30.0 Å². The standard InChI is InChI=1S/C19H21N7O2/c27-18(26-11-9-25(10-12-26)16-14-21-7-8-22-16)5-1-4-17-23-19(24-28-17)15-3-2-6-20-13-15/h2-3,6-8,13-14H,1,4-5,9-12H2. The molecule has 1 saturated heterocycles. The van der Waals surface area contributed by atoms with Gasteiger partial charge in [0, 0.05) is 69.4 Å². The third kappa shape index (κ3) is 4.30. The van der Waals surface area contributed by atoms with Crippen LogP contribution in [0.5, 0.6) is 0 Å². The van der Waals surface area contributed by atoms with E-state index >= 15 is 0 Å². The van der Waals surface area contributed by atoms with E-state index in [1.165, 1.54) is 0 Å². The molecule has 4 rings (SSSR count). The van der Waals surface area contributed by atoms with Crippen LogP contribution in [0.2, 0.25) is 0 Å². The molecule has 144 valence electrons. The normalized spacial score (nSPS) is 14.3. The molecule has 0 bridgehead atoms. The lowest BCUT2D eigenvalue weighted by Gasteiger charge is -2.35. The number of piperazine rings is 1. The van der Waals surface area contributed by atoms with Crippen molar-refractivity contribution in [2.75, 3.05) is 31.1 Å². The highest BCUT2D eigenvalue weighted by Crippen LogP contribution is 2.16. The average molecular weight is 379 g/mol. The van der Waals surface area contributed by atoms with Crippen molar-refractivity contribution in [3.63, 3.8) is 0 Å². The maximum absolute atomic E-state index is 12.5. The van der Waals surface area contributed by atoms with E-state index in [1.807, 2.05) is 17.0 Å². The largest absolute Gasteiger partial charge is 0.352 e. The molecular weight excluding hydrogens is 358 g/mol. The first-order chi connectivity index (χ1) is 13.8. The molecule has 0 saturated carbocycles. The third-order valence-electron chi connectivity index (χ3n) is 4.68. The number of carbonyl (C=O) groups is 1. The van der Waals surface area contributed by atoms with Gasteiger partial charge in [0.2, 0.25) is 17.6 Å². The van der Waals surface area contributed by atoms with Crippen LogP contribution < -0.4 is 4.90 Å². The van der Waals surface area contributed by atoms with Gasteiger partial charge in [0.1, 0.15) is 5.82 Å². The second-order valence-electron chi connectivity index (χ2n) is 6.54. The number of rotatable bonds is 6. The molecular formula is C19H21N7O2. The summed E-state index contributed by atoms with van der Waals surface area (Å²) in [5, 5.41) is 3.97. The maximum atomic E-state index is 12.5. The van der Waals surface area contributed by atoms with Crippen molar-refractivity contribution in [2.24, 2.45) is 0 Å². The van der Waals surface area contributed by atoms with Crippen molar-refractivity contribution in [3.05, 3.63) is 49.0 Å². The lowest BCUT2D eigenvalue weighted by Crippen LogP contribution is -2.49. The summed E-state index contributed by atoms with van der Waals surface area (Å²) in [6.45, 7) is 2.92. The van der Waals surface area contributed by atoms with Crippen LogP contribution in [0.4, 0.5) is 5.82 Å². The number of carbonyl (C=O) groups excluding carboxylic acids is 1. The van der Waals surface area contributed by atoms with Gasteiger partial charge in [0.05, 0.1) is 6.20 Å². The zero-order valence-electron chi connectivity index (χ0n) is 15.4. The summed E-state index contributed by atoms with van der Waals surface area (Å²) >= 11 is 0. The van der Waals surface area contributed by atoms with Gasteiger partial charge in [-0.25, -0.2) is 4.98 Å². The summed E-state index contributed by atoms with van der Waals surface area (Å²) in [4.78, 5) is 33.3. The first-order valence-corrected chi connectivity index (χ1v) is 9.31. The monoisotopic (exact) mass is 379 g/mol. The molecule has 0 spiro atoms. The fourth-order valence-electron chi connectivity index (χ4n) is 3.16. The number of nitrogens with zero attached hydrogens (tertiary/aromatic N) is 7. The minimum Gasteiger partial charge on any atom is -0.352 e. The van der Waals surface area contributed by atoms with Gasteiger partial charge in [-0.15, -0.1) is 0 Å².